The molecule has 0 aliphatic rings. The molecule has 3 aromatic rings. The van der Waals surface area contributed by atoms with E-state index in [4.69, 9.17) is 5.73 Å². The van der Waals surface area contributed by atoms with Gasteiger partial charge in [0.1, 0.15) is 16.7 Å². The lowest BCUT2D eigenvalue weighted by atomic mass is 9.99. The van der Waals surface area contributed by atoms with Crippen LogP contribution in [0.1, 0.15) is 57.5 Å². The minimum absolute atomic E-state index is 0.188. The van der Waals surface area contributed by atoms with E-state index in [0.29, 0.717) is 34.8 Å². The van der Waals surface area contributed by atoms with Gasteiger partial charge >= 0.3 is 0 Å². The second kappa shape index (κ2) is 7.64. The van der Waals surface area contributed by atoms with Gasteiger partial charge in [-0.2, -0.15) is 0 Å². The van der Waals surface area contributed by atoms with Crippen LogP contribution in [0.15, 0.2) is 34.4 Å². The average molecular weight is 384 g/mol. The Morgan fingerprint density at radius 1 is 1.22 bits per heavy atom. The van der Waals surface area contributed by atoms with E-state index in [1.165, 1.54) is 21.5 Å². The number of aryl methyl sites for hydroxylation is 1. The first-order valence-corrected chi connectivity index (χ1v) is 10.2. The molecule has 2 N–H and O–H groups in total. The zero-order chi connectivity index (χ0) is 19.7. The van der Waals surface area contributed by atoms with E-state index in [1.54, 1.807) is 0 Å². The first kappa shape index (κ1) is 19.3. The summed E-state index contributed by atoms with van der Waals surface area (Å²) in [4.78, 5) is 30.7. The number of hydrogen-bond acceptors (Lipinski definition) is 4. The van der Waals surface area contributed by atoms with Crippen LogP contribution in [0.4, 0.5) is 0 Å². The Kier molecular flexibility index (Phi) is 5.46. The molecule has 1 amide bonds. The first-order valence-electron chi connectivity index (χ1n) is 9.31. The molecule has 3 rings (SSSR count). The zero-order valence-electron chi connectivity index (χ0n) is 16.2. The average Bonchev–Trinajstić information content (AvgIpc) is 3.08. The fourth-order valence-electron chi connectivity index (χ4n) is 3.39. The topological polar surface area (TPSA) is 78.0 Å². The third kappa shape index (κ3) is 3.41. The summed E-state index contributed by atoms with van der Waals surface area (Å²) in [6, 6.07) is 7.59. The highest BCUT2D eigenvalue weighted by atomic mass is 32.1. The molecule has 2 heterocycles. The Hall–Kier alpha value is -2.47. The molecule has 0 bridgehead atoms. The molecular weight excluding hydrogens is 358 g/mol. The minimum Gasteiger partial charge on any atom is -0.368 e. The molecule has 142 valence electrons. The van der Waals surface area contributed by atoms with Gasteiger partial charge in [0.05, 0.1) is 5.39 Å². The number of hydrogen-bond donors (Lipinski definition) is 1. The SMILES string of the molecule is CCc1nc2scc(-c3ccc(C(C)C)cc3)c2c(=O)n1C(CC)C(N)=O. The number of fused-ring (bicyclic) bond motifs is 1. The second-order valence-corrected chi connectivity index (χ2v) is 7.85. The lowest BCUT2D eigenvalue weighted by molar-refractivity contribution is -0.121. The van der Waals surface area contributed by atoms with Crippen molar-refractivity contribution < 1.29 is 4.79 Å². The van der Waals surface area contributed by atoms with Crippen LogP contribution in [0, 0.1) is 0 Å². The number of thiophene rings is 1. The van der Waals surface area contributed by atoms with E-state index in [1.807, 2.05) is 31.4 Å². The van der Waals surface area contributed by atoms with Gasteiger partial charge in [0.2, 0.25) is 5.91 Å². The molecule has 0 radical (unpaired) electrons. The van der Waals surface area contributed by atoms with Crippen LogP contribution >= 0.6 is 11.3 Å². The number of benzene rings is 1. The summed E-state index contributed by atoms with van der Waals surface area (Å²) in [7, 11) is 0. The molecule has 0 aliphatic heterocycles. The highest BCUT2D eigenvalue weighted by Gasteiger charge is 2.23. The van der Waals surface area contributed by atoms with Crippen molar-refractivity contribution in [2.24, 2.45) is 5.73 Å². The van der Waals surface area contributed by atoms with E-state index in [-0.39, 0.29) is 5.56 Å². The molecular formula is C21H25N3O2S. The van der Waals surface area contributed by atoms with E-state index < -0.39 is 11.9 Å². The van der Waals surface area contributed by atoms with Crippen molar-refractivity contribution in [3.05, 3.63) is 51.4 Å². The van der Waals surface area contributed by atoms with Gasteiger partial charge in [0, 0.05) is 17.4 Å². The van der Waals surface area contributed by atoms with Gasteiger partial charge in [-0.05, 0) is 23.5 Å². The Morgan fingerprint density at radius 2 is 1.89 bits per heavy atom. The number of carbonyl (C=O) groups excluding carboxylic acids is 1. The van der Waals surface area contributed by atoms with Crippen LogP contribution in [0.2, 0.25) is 0 Å². The van der Waals surface area contributed by atoms with Crippen LogP contribution in [0.3, 0.4) is 0 Å². The van der Waals surface area contributed by atoms with Crippen LogP contribution in [0.5, 0.6) is 0 Å². The maximum absolute atomic E-state index is 13.4. The number of aromatic nitrogens is 2. The van der Waals surface area contributed by atoms with Gasteiger partial charge in [0.25, 0.3) is 5.56 Å². The molecule has 1 atom stereocenters. The van der Waals surface area contributed by atoms with Crippen LogP contribution in [0.25, 0.3) is 21.3 Å². The first-order chi connectivity index (χ1) is 12.9. The van der Waals surface area contributed by atoms with Crippen molar-refractivity contribution >= 4 is 27.5 Å². The molecule has 0 saturated carbocycles. The van der Waals surface area contributed by atoms with E-state index in [0.717, 1.165) is 11.1 Å². The van der Waals surface area contributed by atoms with Crippen molar-refractivity contribution in [1.29, 1.82) is 0 Å². The molecule has 0 saturated heterocycles. The summed E-state index contributed by atoms with van der Waals surface area (Å²) in [6.45, 7) is 8.08. The number of amides is 1. The van der Waals surface area contributed by atoms with Gasteiger partial charge < -0.3 is 5.73 Å². The van der Waals surface area contributed by atoms with Crippen molar-refractivity contribution in [1.82, 2.24) is 9.55 Å². The number of carbonyl (C=O) groups is 1. The third-order valence-corrected chi connectivity index (χ3v) is 5.82. The molecule has 5 nitrogen and oxygen atoms in total. The fourth-order valence-corrected chi connectivity index (χ4v) is 4.34. The van der Waals surface area contributed by atoms with Gasteiger partial charge in [-0.15, -0.1) is 11.3 Å². The smallest absolute Gasteiger partial charge is 0.263 e. The van der Waals surface area contributed by atoms with Crippen LogP contribution in [-0.4, -0.2) is 15.5 Å². The molecule has 6 heteroatoms. The number of nitrogens with two attached hydrogens (primary N) is 1. The second-order valence-electron chi connectivity index (χ2n) is 6.99. The Bertz CT molecular complexity index is 1030. The normalized spacial score (nSPS) is 12.6. The molecule has 27 heavy (non-hydrogen) atoms. The van der Waals surface area contributed by atoms with Crippen molar-refractivity contribution in [3.8, 4) is 11.1 Å². The third-order valence-electron chi connectivity index (χ3n) is 4.94. The van der Waals surface area contributed by atoms with Gasteiger partial charge in [0.15, 0.2) is 0 Å². The van der Waals surface area contributed by atoms with Gasteiger partial charge in [-0.3, -0.25) is 14.2 Å². The molecule has 0 fully saturated rings. The maximum Gasteiger partial charge on any atom is 0.263 e. The quantitative estimate of drug-likeness (QED) is 0.691. The molecule has 2 aromatic heterocycles. The standard InChI is InChI=1S/C21H25N3O2S/c1-5-16(19(22)25)24-17(6-2)23-20-18(21(24)26)15(11-27-20)14-9-7-13(8-10-14)12(3)4/h7-12,16H,5-6H2,1-4H3,(H2,22,25). The maximum atomic E-state index is 13.4. The summed E-state index contributed by atoms with van der Waals surface area (Å²) in [6.07, 6.45) is 1.02. The summed E-state index contributed by atoms with van der Waals surface area (Å²) in [5.41, 5.74) is 8.46. The van der Waals surface area contributed by atoms with Crippen molar-refractivity contribution in [3.63, 3.8) is 0 Å². The van der Waals surface area contributed by atoms with Gasteiger partial charge in [-0.1, -0.05) is 52.0 Å². The van der Waals surface area contributed by atoms with Crippen molar-refractivity contribution in [2.75, 3.05) is 0 Å². The Morgan fingerprint density at radius 3 is 2.41 bits per heavy atom. The van der Waals surface area contributed by atoms with Crippen LogP contribution < -0.4 is 11.3 Å². The van der Waals surface area contributed by atoms with Gasteiger partial charge in [-0.25, -0.2) is 4.98 Å². The summed E-state index contributed by atoms with van der Waals surface area (Å²) in [5.74, 6) is 0.542. The van der Waals surface area contributed by atoms with E-state index in [2.05, 4.69) is 31.0 Å². The Labute approximate surface area is 162 Å². The van der Waals surface area contributed by atoms with Crippen LogP contribution in [-0.2, 0) is 11.2 Å². The molecule has 0 spiro atoms. The lowest BCUT2D eigenvalue weighted by Crippen LogP contribution is -2.36. The number of rotatable bonds is 6. The summed E-state index contributed by atoms with van der Waals surface area (Å²) >= 11 is 1.46. The van der Waals surface area contributed by atoms with Crippen molar-refractivity contribution in [2.45, 2.75) is 52.5 Å². The molecule has 1 unspecified atom stereocenters. The largest absolute Gasteiger partial charge is 0.368 e. The number of primary amides is 1. The van der Waals surface area contributed by atoms with E-state index in [9.17, 15) is 9.59 Å². The van der Waals surface area contributed by atoms with E-state index >= 15 is 0 Å². The summed E-state index contributed by atoms with van der Waals surface area (Å²) in [5, 5.41) is 2.53. The molecule has 1 aromatic carbocycles. The highest BCUT2D eigenvalue weighted by Crippen LogP contribution is 2.32. The summed E-state index contributed by atoms with van der Waals surface area (Å²) < 4.78 is 1.49. The monoisotopic (exact) mass is 383 g/mol. The highest BCUT2D eigenvalue weighted by molar-refractivity contribution is 7.17. The predicted octanol–water partition coefficient (Wildman–Crippen LogP) is 4.25. The lowest BCUT2D eigenvalue weighted by Gasteiger charge is -2.18. The Balaban J connectivity index is 2.25. The number of nitrogens with zero attached hydrogens (tertiary/aromatic N) is 2. The predicted molar refractivity (Wildman–Crippen MR) is 111 cm³/mol. The minimum atomic E-state index is -0.680. The fraction of sp³-hybridized carbons (Fsp3) is 0.381. The molecule has 0 aliphatic carbocycles. The zero-order valence-corrected chi connectivity index (χ0v) is 17.0.